The quantitative estimate of drug-likeness (QED) is 0.560. The van der Waals surface area contributed by atoms with Crippen molar-refractivity contribution in [2.45, 2.75) is 32.6 Å². The average molecular weight is 291 g/mol. The molecule has 0 aliphatic carbocycles. The number of carbonyl (C=O) groups excluding carboxylic acids is 1. The molecule has 0 bridgehead atoms. The SMILES string of the molecule is CCCCCCNC(=O)/C=C\c1cc(OC)ccc1OC. The van der Waals surface area contributed by atoms with Crippen LogP contribution in [0.1, 0.15) is 38.2 Å². The van der Waals surface area contributed by atoms with E-state index in [0.717, 1.165) is 30.7 Å². The molecule has 0 heterocycles. The Hall–Kier alpha value is -1.97. The van der Waals surface area contributed by atoms with E-state index in [1.165, 1.54) is 18.9 Å². The van der Waals surface area contributed by atoms with Gasteiger partial charge in [-0.1, -0.05) is 26.2 Å². The minimum Gasteiger partial charge on any atom is -0.497 e. The zero-order chi connectivity index (χ0) is 15.5. The highest BCUT2D eigenvalue weighted by molar-refractivity contribution is 5.92. The van der Waals surface area contributed by atoms with Gasteiger partial charge in [0, 0.05) is 18.2 Å². The molecule has 0 saturated carbocycles. The van der Waals surface area contributed by atoms with Gasteiger partial charge in [-0.2, -0.15) is 0 Å². The van der Waals surface area contributed by atoms with Gasteiger partial charge in [-0.3, -0.25) is 4.79 Å². The van der Waals surface area contributed by atoms with Crippen molar-refractivity contribution in [1.82, 2.24) is 5.32 Å². The Balaban J connectivity index is 2.53. The lowest BCUT2D eigenvalue weighted by Gasteiger charge is -2.07. The van der Waals surface area contributed by atoms with Crippen LogP contribution in [0, 0.1) is 0 Å². The fraction of sp³-hybridized carbons (Fsp3) is 0.471. The number of amides is 1. The molecule has 1 aromatic rings. The van der Waals surface area contributed by atoms with Crippen LogP contribution in [-0.2, 0) is 4.79 Å². The van der Waals surface area contributed by atoms with Crippen molar-refractivity contribution in [2.75, 3.05) is 20.8 Å². The second-order valence-electron chi connectivity index (χ2n) is 4.79. The van der Waals surface area contributed by atoms with Gasteiger partial charge in [-0.15, -0.1) is 0 Å². The first-order valence-corrected chi connectivity index (χ1v) is 7.39. The summed E-state index contributed by atoms with van der Waals surface area (Å²) in [5.41, 5.74) is 0.818. The number of unbranched alkanes of at least 4 members (excludes halogenated alkanes) is 3. The largest absolute Gasteiger partial charge is 0.497 e. The molecule has 0 saturated heterocycles. The highest BCUT2D eigenvalue weighted by Gasteiger charge is 2.02. The van der Waals surface area contributed by atoms with E-state index in [2.05, 4.69) is 12.2 Å². The highest BCUT2D eigenvalue weighted by Crippen LogP contribution is 2.24. The van der Waals surface area contributed by atoms with Crippen LogP contribution in [0.4, 0.5) is 0 Å². The molecule has 21 heavy (non-hydrogen) atoms. The van der Waals surface area contributed by atoms with Gasteiger partial charge in [-0.05, 0) is 30.7 Å². The fourth-order valence-electron chi connectivity index (χ4n) is 1.96. The number of benzene rings is 1. The van der Waals surface area contributed by atoms with Gasteiger partial charge >= 0.3 is 0 Å². The first-order chi connectivity index (χ1) is 10.2. The van der Waals surface area contributed by atoms with E-state index >= 15 is 0 Å². The Labute approximate surface area is 127 Å². The third kappa shape index (κ3) is 6.34. The number of hydrogen-bond donors (Lipinski definition) is 1. The number of carbonyl (C=O) groups is 1. The van der Waals surface area contributed by atoms with Gasteiger partial charge in [0.05, 0.1) is 14.2 Å². The molecule has 0 aliphatic heterocycles. The molecule has 4 nitrogen and oxygen atoms in total. The monoisotopic (exact) mass is 291 g/mol. The van der Waals surface area contributed by atoms with Crippen molar-refractivity contribution in [3.8, 4) is 11.5 Å². The molecule has 0 spiro atoms. The molecule has 0 aromatic heterocycles. The highest BCUT2D eigenvalue weighted by atomic mass is 16.5. The topological polar surface area (TPSA) is 47.6 Å². The lowest BCUT2D eigenvalue weighted by atomic mass is 10.1. The van der Waals surface area contributed by atoms with Crippen molar-refractivity contribution in [1.29, 1.82) is 0 Å². The van der Waals surface area contributed by atoms with E-state index in [9.17, 15) is 4.79 Å². The van der Waals surface area contributed by atoms with Crippen LogP contribution >= 0.6 is 0 Å². The van der Waals surface area contributed by atoms with Crippen LogP contribution in [0.2, 0.25) is 0 Å². The molecule has 0 radical (unpaired) electrons. The van der Waals surface area contributed by atoms with Crippen molar-refractivity contribution >= 4 is 12.0 Å². The molecule has 0 atom stereocenters. The second-order valence-corrected chi connectivity index (χ2v) is 4.79. The number of nitrogens with one attached hydrogen (secondary N) is 1. The third-order valence-electron chi connectivity index (χ3n) is 3.18. The Morgan fingerprint density at radius 2 is 2.00 bits per heavy atom. The minimum atomic E-state index is -0.0867. The summed E-state index contributed by atoms with van der Waals surface area (Å²) in [4.78, 5) is 11.7. The molecule has 116 valence electrons. The number of methoxy groups -OCH3 is 2. The molecule has 1 amide bonds. The number of rotatable bonds is 9. The van der Waals surface area contributed by atoms with E-state index in [-0.39, 0.29) is 5.91 Å². The van der Waals surface area contributed by atoms with Gasteiger partial charge < -0.3 is 14.8 Å². The van der Waals surface area contributed by atoms with Gasteiger partial charge in [-0.25, -0.2) is 0 Å². The summed E-state index contributed by atoms with van der Waals surface area (Å²) in [5, 5.41) is 2.88. The third-order valence-corrected chi connectivity index (χ3v) is 3.18. The molecule has 0 aliphatic rings. The zero-order valence-corrected chi connectivity index (χ0v) is 13.1. The standard InChI is InChI=1S/C17H25NO3/c1-4-5-6-7-12-18-17(19)11-8-14-13-15(20-2)9-10-16(14)21-3/h8-11,13H,4-7,12H2,1-3H3,(H,18,19)/b11-8-. The van der Waals surface area contributed by atoms with E-state index < -0.39 is 0 Å². The maximum absolute atomic E-state index is 11.7. The maximum atomic E-state index is 11.7. The average Bonchev–Trinajstić information content (AvgIpc) is 2.52. The van der Waals surface area contributed by atoms with Crippen LogP contribution in [-0.4, -0.2) is 26.7 Å². The van der Waals surface area contributed by atoms with E-state index in [0.29, 0.717) is 5.75 Å². The number of hydrogen-bond acceptors (Lipinski definition) is 3. The lowest BCUT2D eigenvalue weighted by Crippen LogP contribution is -2.21. The molecule has 1 rings (SSSR count). The van der Waals surface area contributed by atoms with Gasteiger partial charge in [0.2, 0.25) is 5.91 Å². The Morgan fingerprint density at radius 3 is 2.67 bits per heavy atom. The van der Waals surface area contributed by atoms with Crippen molar-refractivity contribution < 1.29 is 14.3 Å². The van der Waals surface area contributed by atoms with Crippen LogP contribution in [0.5, 0.6) is 11.5 Å². The smallest absolute Gasteiger partial charge is 0.244 e. The Kier molecular flexibility index (Phi) is 8.02. The second kappa shape index (κ2) is 9.86. The summed E-state index contributed by atoms with van der Waals surface area (Å²) in [6.07, 6.45) is 7.86. The Bertz CT molecular complexity index is 469. The van der Waals surface area contributed by atoms with E-state index in [1.54, 1.807) is 20.3 Å². The first kappa shape index (κ1) is 17.1. The van der Waals surface area contributed by atoms with Crippen molar-refractivity contribution in [3.05, 3.63) is 29.8 Å². The summed E-state index contributed by atoms with van der Waals surface area (Å²) in [6, 6.07) is 5.48. The van der Waals surface area contributed by atoms with Crippen LogP contribution in [0.3, 0.4) is 0 Å². The Morgan fingerprint density at radius 1 is 1.19 bits per heavy atom. The molecule has 4 heteroatoms. The summed E-state index contributed by atoms with van der Waals surface area (Å²) < 4.78 is 10.4. The fourth-order valence-corrected chi connectivity index (χ4v) is 1.96. The van der Waals surface area contributed by atoms with Gasteiger partial charge in [0.15, 0.2) is 0 Å². The van der Waals surface area contributed by atoms with Gasteiger partial charge in [0.1, 0.15) is 11.5 Å². The zero-order valence-electron chi connectivity index (χ0n) is 13.1. The molecule has 1 N–H and O–H groups in total. The number of ether oxygens (including phenoxy) is 2. The molecule has 1 aromatic carbocycles. The van der Waals surface area contributed by atoms with E-state index in [4.69, 9.17) is 9.47 Å². The van der Waals surface area contributed by atoms with Crippen LogP contribution in [0.25, 0.3) is 6.08 Å². The molecule has 0 fully saturated rings. The predicted molar refractivity (Wildman–Crippen MR) is 85.7 cm³/mol. The lowest BCUT2D eigenvalue weighted by molar-refractivity contribution is -0.116. The van der Waals surface area contributed by atoms with Crippen molar-refractivity contribution in [2.24, 2.45) is 0 Å². The molecular formula is C17H25NO3. The maximum Gasteiger partial charge on any atom is 0.244 e. The first-order valence-electron chi connectivity index (χ1n) is 7.39. The van der Waals surface area contributed by atoms with Crippen LogP contribution in [0.15, 0.2) is 24.3 Å². The molecule has 0 unspecified atom stereocenters. The van der Waals surface area contributed by atoms with E-state index in [1.807, 2.05) is 18.2 Å². The summed E-state index contributed by atoms with van der Waals surface area (Å²) in [6.45, 7) is 2.89. The summed E-state index contributed by atoms with van der Waals surface area (Å²) in [7, 11) is 3.21. The normalized spacial score (nSPS) is 10.6. The minimum absolute atomic E-state index is 0.0867. The van der Waals surface area contributed by atoms with Crippen molar-refractivity contribution in [3.63, 3.8) is 0 Å². The summed E-state index contributed by atoms with van der Waals surface area (Å²) in [5.74, 6) is 1.36. The predicted octanol–water partition coefficient (Wildman–Crippen LogP) is 3.41. The summed E-state index contributed by atoms with van der Waals surface area (Å²) >= 11 is 0. The van der Waals surface area contributed by atoms with Gasteiger partial charge in [0.25, 0.3) is 0 Å². The molecular weight excluding hydrogens is 266 g/mol. The van der Waals surface area contributed by atoms with Crippen LogP contribution < -0.4 is 14.8 Å².